The molecule has 2 aliphatic heterocycles. The van der Waals surface area contributed by atoms with Crippen molar-refractivity contribution in [1.29, 1.82) is 0 Å². The number of nitrogens with zero attached hydrogens (tertiary/aromatic N) is 3. The molecule has 0 radical (unpaired) electrons. The second-order valence-corrected chi connectivity index (χ2v) is 13.3. The van der Waals surface area contributed by atoms with Crippen LogP contribution in [0.25, 0.3) is 0 Å². The lowest BCUT2D eigenvalue weighted by molar-refractivity contribution is -0.133. The molecule has 7 heteroatoms. The number of nitrogens with one attached hydrogen (secondary N) is 1. The van der Waals surface area contributed by atoms with E-state index in [1.165, 1.54) is 64.2 Å². The second-order valence-electron chi connectivity index (χ2n) is 13.3. The summed E-state index contributed by atoms with van der Waals surface area (Å²) in [5, 5.41) is 3.11. The molecular formula is C32H49N5O2. The predicted molar refractivity (Wildman–Crippen MR) is 156 cm³/mol. The normalized spacial score (nSPS) is 24.5. The summed E-state index contributed by atoms with van der Waals surface area (Å²) < 4.78 is 0. The first-order valence-electron chi connectivity index (χ1n) is 15.6. The highest BCUT2D eigenvalue weighted by molar-refractivity contribution is 6.06. The highest BCUT2D eigenvalue weighted by Crippen LogP contribution is 2.42. The number of hydrogen-bond donors (Lipinski definition) is 2. The molecule has 3 amide bonds. The molecular weight excluding hydrogens is 486 g/mol. The van der Waals surface area contributed by atoms with Crippen molar-refractivity contribution in [1.82, 2.24) is 15.1 Å². The lowest BCUT2D eigenvalue weighted by Gasteiger charge is -2.35. The van der Waals surface area contributed by atoms with Crippen LogP contribution in [0.15, 0.2) is 29.3 Å². The van der Waals surface area contributed by atoms with E-state index in [2.05, 4.69) is 43.4 Å². The van der Waals surface area contributed by atoms with Crippen LogP contribution in [-0.4, -0.2) is 45.8 Å². The van der Waals surface area contributed by atoms with Crippen LogP contribution in [0.4, 0.5) is 4.79 Å². The van der Waals surface area contributed by atoms with E-state index >= 15 is 0 Å². The molecule has 2 saturated carbocycles. The Morgan fingerprint density at radius 2 is 1.44 bits per heavy atom. The predicted octanol–water partition coefficient (Wildman–Crippen LogP) is 5.96. The number of carbonyl (C=O) groups excluding carboxylic acids is 2. The fourth-order valence-corrected chi connectivity index (χ4v) is 7.57. The highest BCUT2D eigenvalue weighted by atomic mass is 16.2. The summed E-state index contributed by atoms with van der Waals surface area (Å²) in [5.74, 6) is 2.21. The average Bonchev–Trinajstić information content (AvgIpc) is 3.36. The second kappa shape index (κ2) is 12.3. The van der Waals surface area contributed by atoms with Gasteiger partial charge in [0.05, 0.1) is 6.54 Å². The Morgan fingerprint density at radius 1 is 0.897 bits per heavy atom. The van der Waals surface area contributed by atoms with E-state index in [9.17, 15) is 9.59 Å². The summed E-state index contributed by atoms with van der Waals surface area (Å²) in [6, 6.07) is 8.52. The van der Waals surface area contributed by atoms with Gasteiger partial charge in [0.1, 0.15) is 5.54 Å². The first-order valence-corrected chi connectivity index (χ1v) is 15.6. The summed E-state index contributed by atoms with van der Waals surface area (Å²) >= 11 is 0. The Kier molecular flexibility index (Phi) is 8.82. The lowest BCUT2D eigenvalue weighted by Crippen LogP contribution is -2.46. The van der Waals surface area contributed by atoms with Gasteiger partial charge in [0, 0.05) is 19.1 Å². The van der Waals surface area contributed by atoms with Gasteiger partial charge < -0.3 is 16.0 Å². The maximum Gasteiger partial charge on any atom is 0.318 e. The third-order valence-electron chi connectivity index (χ3n) is 9.50. The Morgan fingerprint density at radius 3 is 1.97 bits per heavy atom. The molecule has 7 nitrogen and oxygen atoms in total. The molecule has 0 aromatic heterocycles. The minimum atomic E-state index is -0.677. The molecule has 39 heavy (non-hydrogen) atoms. The summed E-state index contributed by atoms with van der Waals surface area (Å²) in [7, 11) is 0. The fraction of sp³-hybridized carbons (Fsp3) is 0.719. The third kappa shape index (κ3) is 6.78. The number of benzene rings is 1. The molecule has 2 heterocycles. The molecule has 3 fully saturated rings. The summed E-state index contributed by atoms with van der Waals surface area (Å²) in [4.78, 5) is 35.2. The van der Waals surface area contributed by atoms with E-state index in [4.69, 9.17) is 10.7 Å². The van der Waals surface area contributed by atoms with Crippen LogP contribution in [0, 0.1) is 17.8 Å². The molecule has 1 aromatic rings. The van der Waals surface area contributed by atoms with E-state index in [1.807, 2.05) is 4.90 Å². The summed E-state index contributed by atoms with van der Waals surface area (Å²) in [6.45, 7) is 6.17. The Hall–Kier alpha value is -2.57. The molecule has 5 rings (SSSR count). The van der Waals surface area contributed by atoms with Gasteiger partial charge in [-0.2, -0.15) is 0 Å². The van der Waals surface area contributed by atoms with Crippen molar-refractivity contribution < 1.29 is 9.59 Å². The van der Waals surface area contributed by atoms with Crippen molar-refractivity contribution in [3.05, 3.63) is 35.4 Å². The topological polar surface area (TPSA) is 91.0 Å². The first kappa shape index (κ1) is 28.0. The van der Waals surface area contributed by atoms with E-state index in [0.717, 1.165) is 36.9 Å². The maximum absolute atomic E-state index is 14.1. The van der Waals surface area contributed by atoms with E-state index in [-0.39, 0.29) is 18.0 Å². The molecule has 0 unspecified atom stereocenters. The number of carbonyl (C=O) groups is 2. The minimum Gasteiger partial charge on any atom is -0.369 e. The third-order valence-corrected chi connectivity index (χ3v) is 9.50. The molecule has 3 N–H and O–H groups in total. The van der Waals surface area contributed by atoms with Gasteiger partial charge in [-0.3, -0.25) is 9.69 Å². The van der Waals surface area contributed by atoms with Crippen LogP contribution in [-0.2, 0) is 17.9 Å². The Balaban J connectivity index is 1.24. The van der Waals surface area contributed by atoms with Crippen molar-refractivity contribution >= 4 is 17.9 Å². The number of amides is 3. The van der Waals surface area contributed by atoms with Crippen molar-refractivity contribution in [2.24, 2.45) is 28.5 Å². The number of hydrogen-bond acceptors (Lipinski definition) is 4. The van der Waals surface area contributed by atoms with Gasteiger partial charge in [-0.15, -0.1) is 0 Å². The number of aliphatic imine (C=N–C) groups is 1. The smallest absolute Gasteiger partial charge is 0.318 e. The van der Waals surface area contributed by atoms with E-state index in [1.54, 1.807) is 4.90 Å². The largest absolute Gasteiger partial charge is 0.369 e. The van der Waals surface area contributed by atoms with Crippen LogP contribution in [0.2, 0.25) is 0 Å². The number of guanidine groups is 1. The van der Waals surface area contributed by atoms with Crippen molar-refractivity contribution in [2.75, 3.05) is 6.54 Å². The van der Waals surface area contributed by atoms with Crippen molar-refractivity contribution in [3.63, 3.8) is 0 Å². The molecule has 2 aliphatic carbocycles. The zero-order chi connectivity index (χ0) is 27.4. The molecule has 0 bridgehead atoms. The van der Waals surface area contributed by atoms with Gasteiger partial charge in [-0.25, -0.2) is 9.79 Å². The number of urea groups is 1. The van der Waals surface area contributed by atoms with Crippen LogP contribution in [0.3, 0.4) is 0 Å². The first-order chi connectivity index (χ1) is 18.8. The van der Waals surface area contributed by atoms with Gasteiger partial charge in [0.25, 0.3) is 5.91 Å². The lowest BCUT2D eigenvalue weighted by atomic mass is 9.73. The van der Waals surface area contributed by atoms with Crippen LogP contribution < -0.4 is 11.1 Å². The quantitative estimate of drug-likeness (QED) is 0.387. The SMILES string of the molecule is CC(C)C[C@H]1CN(Cc2ccc(CN3C(=O)C(CC4CCCCC4)(CC4CCCCC4)N=C3N)cc2)C(=O)N1. The molecule has 1 atom stereocenters. The van der Waals surface area contributed by atoms with Gasteiger partial charge in [0.2, 0.25) is 0 Å². The standard InChI is InChI=1S/C32H49N5O2/c1-23(2)17-28-22-36(31(39)34-28)20-26-13-15-27(16-14-26)21-37-29(38)32(35-30(37)33,18-24-9-5-3-6-10-24)19-25-11-7-4-8-12-25/h13-16,23-25,28H,3-12,17-22H2,1-2H3,(H2,33,35)(H,34,39)/t28-/m0/s1. The van der Waals surface area contributed by atoms with Crippen LogP contribution in [0.1, 0.15) is 108 Å². The molecule has 4 aliphatic rings. The Labute approximate surface area is 235 Å². The van der Waals surface area contributed by atoms with Gasteiger partial charge in [-0.1, -0.05) is 102 Å². The maximum atomic E-state index is 14.1. The Bertz CT molecular complexity index is 1000. The molecule has 1 saturated heterocycles. The zero-order valence-corrected chi connectivity index (χ0v) is 24.2. The molecule has 0 spiro atoms. The van der Waals surface area contributed by atoms with Gasteiger partial charge in [-0.05, 0) is 48.1 Å². The fourth-order valence-electron chi connectivity index (χ4n) is 7.57. The zero-order valence-electron chi connectivity index (χ0n) is 24.2. The van der Waals surface area contributed by atoms with Gasteiger partial charge >= 0.3 is 6.03 Å². The summed E-state index contributed by atoms with van der Waals surface area (Å²) in [5.41, 5.74) is 7.97. The van der Waals surface area contributed by atoms with Gasteiger partial charge in [0.15, 0.2) is 5.96 Å². The molecule has 1 aromatic carbocycles. The number of rotatable bonds is 10. The van der Waals surface area contributed by atoms with E-state index < -0.39 is 5.54 Å². The van der Waals surface area contributed by atoms with Crippen LogP contribution in [0.5, 0.6) is 0 Å². The van der Waals surface area contributed by atoms with Crippen molar-refractivity contribution in [3.8, 4) is 0 Å². The van der Waals surface area contributed by atoms with E-state index in [0.29, 0.717) is 36.8 Å². The molecule has 214 valence electrons. The monoisotopic (exact) mass is 535 g/mol. The number of nitrogens with two attached hydrogens (primary N) is 1. The highest BCUT2D eigenvalue weighted by Gasteiger charge is 2.49. The average molecular weight is 536 g/mol. The summed E-state index contributed by atoms with van der Waals surface area (Å²) in [6.07, 6.45) is 15.3. The van der Waals surface area contributed by atoms with Crippen LogP contribution >= 0.6 is 0 Å². The van der Waals surface area contributed by atoms with Crippen molar-refractivity contribution in [2.45, 2.75) is 122 Å². The minimum absolute atomic E-state index is 0.0173.